The second-order valence-electron chi connectivity index (χ2n) is 2.09. The Morgan fingerprint density at radius 2 is 2.30 bits per heavy atom. The van der Waals surface area contributed by atoms with Crippen molar-refractivity contribution in [3.05, 3.63) is 28.5 Å². The summed E-state index contributed by atoms with van der Waals surface area (Å²) in [7, 11) is 0. The fourth-order valence-electron chi connectivity index (χ4n) is 0.763. The largest absolute Gasteiger partial charge is 0.244 e. The highest BCUT2D eigenvalue weighted by molar-refractivity contribution is 6.29. The van der Waals surface area contributed by atoms with Crippen molar-refractivity contribution >= 4 is 11.6 Å². The summed E-state index contributed by atoms with van der Waals surface area (Å²) in [6, 6.07) is 3.37. The molecule has 1 aromatic heterocycles. The average Bonchev–Trinajstić information content (AvgIpc) is 1.85. The number of hydrogen-bond donors (Lipinski definition) is 0. The minimum atomic E-state index is -0.554. The molecule has 0 aliphatic carbocycles. The summed E-state index contributed by atoms with van der Waals surface area (Å²) in [5, 5.41) is 0.354. The number of alkyl halides is 1. The smallest absolute Gasteiger partial charge is 0.131 e. The lowest BCUT2D eigenvalue weighted by atomic mass is 10.2. The van der Waals surface area contributed by atoms with Crippen molar-refractivity contribution in [1.29, 1.82) is 0 Å². The fraction of sp³-hybridized carbons (Fsp3) is 0.286. The lowest BCUT2D eigenvalue weighted by molar-refractivity contribution is 0.476. The van der Waals surface area contributed by atoms with Gasteiger partial charge in [0.25, 0.3) is 0 Å². The molecular formula is C7H7ClFN. The van der Waals surface area contributed by atoms with E-state index < -0.39 is 6.67 Å². The maximum Gasteiger partial charge on any atom is 0.131 e. The summed E-state index contributed by atoms with van der Waals surface area (Å²) in [5.41, 5.74) is 1.33. The van der Waals surface area contributed by atoms with Gasteiger partial charge in [-0.1, -0.05) is 11.6 Å². The molecule has 10 heavy (non-hydrogen) atoms. The molecule has 0 aromatic carbocycles. The molecule has 0 atom stereocenters. The molecule has 0 aliphatic heterocycles. The van der Waals surface area contributed by atoms with Crippen LogP contribution in [-0.2, 0) is 6.67 Å². The van der Waals surface area contributed by atoms with Crippen LogP contribution >= 0.6 is 11.6 Å². The van der Waals surface area contributed by atoms with E-state index in [1.807, 2.05) is 6.92 Å². The van der Waals surface area contributed by atoms with Gasteiger partial charge in [-0.15, -0.1) is 0 Å². The first kappa shape index (κ1) is 7.48. The van der Waals surface area contributed by atoms with Gasteiger partial charge in [0.1, 0.15) is 11.8 Å². The summed E-state index contributed by atoms with van der Waals surface area (Å²) < 4.78 is 12.0. The minimum absolute atomic E-state index is 0.354. The van der Waals surface area contributed by atoms with E-state index >= 15 is 0 Å². The minimum Gasteiger partial charge on any atom is -0.244 e. The number of rotatable bonds is 1. The molecule has 0 bridgehead atoms. The first-order chi connectivity index (χ1) is 4.72. The summed E-state index contributed by atoms with van der Waals surface area (Å²) in [6.45, 7) is 1.30. The van der Waals surface area contributed by atoms with Crippen LogP contribution in [0.15, 0.2) is 12.1 Å². The summed E-state index contributed by atoms with van der Waals surface area (Å²) >= 11 is 5.55. The van der Waals surface area contributed by atoms with Gasteiger partial charge >= 0.3 is 0 Å². The van der Waals surface area contributed by atoms with Crippen molar-refractivity contribution in [2.45, 2.75) is 13.6 Å². The van der Waals surface area contributed by atoms with Crippen LogP contribution < -0.4 is 0 Å². The number of aryl methyl sites for hydroxylation is 1. The highest BCUT2D eigenvalue weighted by Crippen LogP contribution is 2.10. The van der Waals surface area contributed by atoms with E-state index in [2.05, 4.69) is 4.98 Å². The van der Waals surface area contributed by atoms with Gasteiger partial charge in [-0.05, 0) is 24.6 Å². The van der Waals surface area contributed by atoms with Crippen LogP contribution in [-0.4, -0.2) is 4.98 Å². The Labute approximate surface area is 63.8 Å². The quantitative estimate of drug-likeness (QED) is 0.574. The van der Waals surface area contributed by atoms with Crippen LogP contribution in [0.3, 0.4) is 0 Å². The van der Waals surface area contributed by atoms with Crippen LogP contribution in [0.1, 0.15) is 11.3 Å². The zero-order chi connectivity index (χ0) is 7.56. The molecule has 1 aromatic rings. The highest BCUT2D eigenvalue weighted by atomic mass is 35.5. The summed E-state index contributed by atoms with van der Waals surface area (Å²) in [6.07, 6.45) is 0. The van der Waals surface area contributed by atoms with Crippen molar-refractivity contribution in [2.75, 3.05) is 0 Å². The van der Waals surface area contributed by atoms with Crippen molar-refractivity contribution in [3.63, 3.8) is 0 Å². The van der Waals surface area contributed by atoms with Crippen molar-refractivity contribution < 1.29 is 4.39 Å². The molecule has 0 fully saturated rings. The van der Waals surface area contributed by atoms with Gasteiger partial charge in [-0.2, -0.15) is 0 Å². The number of halogens is 2. The van der Waals surface area contributed by atoms with Gasteiger partial charge < -0.3 is 0 Å². The Balaban J connectivity index is 3.06. The molecule has 3 heteroatoms. The van der Waals surface area contributed by atoms with E-state index in [0.29, 0.717) is 10.8 Å². The first-order valence-corrected chi connectivity index (χ1v) is 3.29. The van der Waals surface area contributed by atoms with Crippen LogP contribution in [0.4, 0.5) is 4.39 Å². The standard InChI is InChI=1S/C7H7ClFN/c1-5-2-6(4-9)10-7(8)3-5/h2-3H,4H2,1H3. The van der Waals surface area contributed by atoms with Gasteiger partial charge in [-0.3, -0.25) is 0 Å². The maximum atomic E-state index is 12.0. The summed E-state index contributed by atoms with van der Waals surface area (Å²) in [5.74, 6) is 0. The molecule has 0 spiro atoms. The van der Waals surface area contributed by atoms with Crippen LogP contribution in [0.25, 0.3) is 0 Å². The van der Waals surface area contributed by atoms with Crippen molar-refractivity contribution in [3.8, 4) is 0 Å². The van der Waals surface area contributed by atoms with Gasteiger partial charge in [0.15, 0.2) is 0 Å². The zero-order valence-electron chi connectivity index (χ0n) is 5.56. The molecule has 0 N–H and O–H groups in total. The SMILES string of the molecule is Cc1cc(Cl)nc(CF)c1. The molecule has 0 aliphatic rings. The summed E-state index contributed by atoms with van der Waals surface area (Å²) in [4.78, 5) is 3.74. The first-order valence-electron chi connectivity index (χ1n) is 2.91. The van der Waals surface area contributed by atoms with E-state index in [-0.39, 0.29) is 0 Å². The van der Waals surface area contributed by atoms with Gasteiger partial charge in [0, 0.05) is 0 Å². The monoisotopic (exact) mass is 159 g/mol. The van der Waals surface area contributed by atoms with E-state index in [4.69, 9.17) is 11.6 Å². The molecule has 54 valence electrons. The number of hydrogen-bond acceptors (Lipinski definition) is 1. The number of nitrogens with zero attached hydrogens (tertiary/aromatic N) is 1. The molecule has 0 radical (unpaired) electrons. The van der Waals surface area contributed by atoms with Crippen molar-refractivity contribution in [2.24, 2.45) is 0 Å². The van der Waals surface area contributed by atoms with Crippen molar-refractivity contribution in [1.82, 2.24) is 4.98 Å². The lowest BCUT2D eigenvalue weighted by Gasteiger charge is -1.96. The Bertz CT molecular complexity index is 217. The predicted molar refractivity (Wildman–Crippen MR) is 38.8 cm³/mol. The molecule has 0 saturated carbocycles. The fourth-order valence-corrected chi connectivity index (χ4v) is 1.04. The van der Waals surface area contributed by atoms with Gasteiger partial charge in [-0.25, -0.2) is 9.37 Å². The third-order valence-corrected chi connectivity index (χ3v) is 1.32. The van der Waals surface area contributed by atoms with E-state index in [1.54, 1.807) is 12.1 Å². The topological polar surface area (TPSA) is 12.9 Å². The molecule has 1 heterocycles. The molecule has 0 amide bonds. The number of pyridine rings is 1. The Kier molecular flexibility index (Phi) is 2.22. The normalized spacial score (nSPS) is 9.90. The zero-order valence-corrected chi connectivity index (χ0v) is 6.32. The molecular weight excluding hydrogens is 153 g/mol. The second kappa shape index (κ2) is 2.97. The Morgan fingerprint density at radius 3 is 2.80 bits per heavy atom. The van der Waals surface area contributed by atoms with Crippen LogP contribution in [0.2, 0.25) is 5.15 Å². The van der Waals surface area contributed by atoms with E-state index in [1.165, 1.54) is 0 Å². The van der Waals surface area contributed by atoms with E-state index in [9.17, 15) is 4.39 Å². The van der Waals surface area contributed by atoms with Crippen LogP contribution in [0, 0.1) is 6.92 Å². The predicted octanol–water partition coefficient (Wildman–Crippen LogP) is 2.51. The molecule has 0 saturated heterocycles. The number of aromatic nitrogens is 1. The molecule has 0 unspecified atom stereocenters. The van der Waals surface area contributed by atoms with Gasteiger partial charge in [0.2, 0.25) is 0 Å². The Morgan fingerprint density at radius 1 is 1.60 bits per heavy atom. The highest BCUT2D eigenvalue weighted by Gasteiger charge is 1.96. The average molecular weight is 160 g/mol. The molecule has 1 nitrogen and oxygen atoms in total. The molecule has 1 rings (SSSR count). The van der Waals surface area contributed by atoms with Crippen LogP contribution in [0.5, 0.6) is 0 Å². The third-order valence-electron chi connectivity index (χ3n) is 1.13. The third kappa shape index (κ3) is 1.67. The Hall–Kier alpha value is -0.630. The van der Waals surface area contributed by atoms with E-state index in [0.717, 1.165) is 5.56 Å². The second-order valence-corrected chi connectivity index (χ2v) is 2.48. The van der Waals surface area contributed by atoms with Gasteiger partial charge in [0.05, 0.1) is 5.69 Å². The lowest BCUT2D eigenvalue weighted by Crippen LogP contribution is -1.86. The maximum absolute atomic E-state index is 12.0.